The summed E-state index contributed by atoms with van der Waals surface area (Å²) in [6.45, 7) is 8.90. The zero-order valence-electron chi connectivity index (χ0n) is 17.1. The summed E-state index contributed by atoms with van der Waals surface area (Å²) in [4.78, 5) is 20.5. The average molecular weight is 377 g/mol. The van der Waals surface area contributed by atoms with Crippen LogP contribution in [0.2, 0.25) is 0 Å². The summed E-state index contributed by atoms with van der Waals surface area (Å²) in [5.41, 5.74) is 4.48. The van der Waals surface area contributed by atoms with E-state index in [9.17, 15) is 4.79 Å². The summed E-state index contributed by atoms with van der Waals surface area (Å²) >= 11 is 0. The molecule has 3 aromatic rings. The van der Waals surface area contributed by atoms with Gasteiger partial charge in [0.15, 0.2) is 5.65 Å². The molecule has 1 aliphatic heterocycles. The van der Waals surface area contributed by atoms with Crippen molar-refractivity contribution in [3.8, 4) is 0 Å². The second kappa shape index (κ2) is 7.38. The molecule has 2 aromatic heterocycles. The number of rotatable bonds is 3. The first-order chi connectivity index (χ1) is 13.5. The summed E-state index contributed by atoms with van der Waals surface area (Å²) in [6.07, 6.45) is 3.21. The van der Waals surface area contributed by atoms with Crippen molar-refractivity contribution in [1.82, 2.24) is 19.7 Å². The maximum absolute atomic E-state index is 13.7. The Morgan fingerprint density at radius 2 is 1.89 bits per heavy atom. The lowest BCUT2D eigenvalue weighted by Crippen LogP contribution is -2.38. The summed E-state index contributed by atoms with van der Waals surface area (Å²) < 4.78 is 1.93. The van der Waals surface area contributed by atoms with E-state index in [4.69, 9.17) is 4.98 Å². The first-order valence-electron chi connectivity index (χ1n) is 10.2. The van der Waals surface area contributed by atoms with Gasteiger partial charge in [0.1, 0.15) is 0 Å². The molecule has 28 heavy (non-hydrogen) atoms. The van der Waals surface area contributed by atoms with Crippen LogP contribution in [0.4, 0.5) is 0 Å². The average Bonchev–Trinajstić information content (AvgIpc) is 3.04. The van der Waals surface area contributed by atoms with Crippen LogP contribution in [0, 0.1) is 13.8 Å². The van der Waals surface area contributed by atoms with Gasteiger partial charge >= 0.3 is 0 Å². The van der Waals surface area contributed by atoms with Crippen LogP contribution < -0.4 is 0 Å². The Labute approximate surface area is 166 Å². The van der Waals surface area contributed by atoms with Gasteiger partial charge in [-0.1, -0.05) is 30.3 Å². The number of hydrogen-bond donors (Lipinski definition) is 0. The number of nitrogens with zero attached hydrogens (tertiary/aromatic N) is 4. The van der Waals surface area contributed by atoms with Gasteiger partial charge in [-0.25, -0.2) is 9.67 Å². The largest absolute Gasteiger partial charge is 0.332 e. The first-order valence-corrected chi connectivity index (χ1v) is 10.2. The summed E-state index contributed by atoms with van der Waals surface area (Å²) in [5, 5.41) is 5.57. The van der Waals surface area contributed by atoms with Crippen LogP contribution in [-0.4, -0.2) is 32.1 Å². The highest BCUT2D eigenvalue weighted by molar-refractivity contribution is 6.06. The topological polar surface area (TPSA) is 51.0 Å². The van der Waals surface area contributed by atoms with Crippen molar-refractivity contribution in [3.05, 3.63) is 58.9 Å². The van der Waals surface area contributed by atoms with E-state index in [1.54, 1.807) is 0 Å². The first kappa shape index (κ1) is 18.7. The summed E-state index contributed by atoms with van der Waals surface area (Å²) in [7, 11) is 0. The van der Waals surface area contributed by atoms with E-state index in [2.05, 4.69) is 48.1 Å². The summed E-state index contributed by atoms with van der Waals surface area (Å²) in [6, 6.07) is 12.7. The van der Waals surface area contributed by atoms with Gasteiger partial charge in [0, 0.05) is 18.3 Å². The summed E-state index contributed by atoms with van der Waals surface area (Å²) in [5.74, 6) is 0.0930. The molecule has 5 nitrogen and oxygen atoms in total. The van der Waals surface area contributed by atoms with Crippen molar-refractivity contribution < 1.29 is 4.79 Å². The number of fused-ring (bicyclic) bond motifs is 1. The van der Waals surface area contributed by atoms with Gasteiger partial charge in [-0.15, -0.1) is 0 Å². The lowest BCUT2D eigenvalue weighted by atomic mass is 9.94. The van der Waals surface area contributed by atoms with Gasteiger partial charge in [0.25, 0.3) is 5.91 Å². The monoisotopic (exact) mass is 376 g/mol. The molecule has 0 N–H and O–H groups in total. The fraction of sp³-hybridized carbons (Fsp3) is 0.435. The van der Waals surface area contributed by atoms with Crippen LogP contribution in [0.1, 0.15) is 72.5 Å². The molecule has 3 heterocycles. The van der Waals surface area contributed by atoms with E-state index in [1.165, 1.54) is 5.56 Å². The maximum atomic E-state index is 13.7. The number of likely N-dealkylation sites (tertiary alicyclic amines) is 1. The van der Waals surface area contributed by atoms with Crippen molar-refractivity contribution >= 4 is 16.9 Å². The number of hydrogen-bond acceptors (Lipinski definition) is 3. The number of amides is 1. The molecule has 146 valence electrons. The Bertz CT molecular complexity index is 1010. The van der Waals surface area contributed by atoms with Crippen molar-refractivity contribution in [1.29, 1.82) is 0 Å². The Morgan fingerprint density at radius 1 is 1.14 bits per heavy atom. The van der Waals surface area contributed by atoms with E-state index >= 15 is 0 Å². The van der Waals surface area contributed by atoms with Crippen LogP contribution in [0.15, 0.2) is 36.4 Å². The SMILES string of the molecule is Cc1cc(C(=O)N2CCCC[C@@H]2c2ccccc2)c2c(C)nn(C(C)C)c2n1. The molecule has 1 aliphatic rings. The van der Waals surface area contributed by atoms with Crippen molar-refractivity contribution in [2.75, 3.05) is 6.54 Å². The molecule has 1 aromatic carbocycles. The lowest BCUT2D eigenvalue weighted by Gasteiger charge is -2.36. The molecule has 0 bridgehead atoms. The zero-order valence-corrected chi connectivity index (χ0v) is 17.1. The number of benzene rings is 1. The maximum Gasteiger partial charge on any atom is 0.255 e. The van der Waals surface area contributed by atoms with E-state index in [0.29, 0.717) is 0 Å². The van der Waals surface area contributed by atoms with E-state index in [-0.39, 0.29) is 18.0 Å². The van der Waals surface area contributed by atoms with Crippen LogP contribution in [0.5, 0.6) is 0 Å². The fourth-order valence-corrected chi connectivity index (χ4v) is 4.32. The predicted molar refractivity (Wildman–Crippen MR) is 111 cm³/mol. The number of pyridine rings is 1. The smallest absolute Gasteiger partial charge is 0.255 e. The number of carbonyl (C=O) groups excluding carboxylic acids is 1. The minimum Gasteiger partial charge on any atom is -0.332 e. The lowest BCUT2D eigenvalue weighted by molar-refractivity contribution is 0.0613. The highest BCUT2D eigenvalue weighted by atomic mass is 16.2. The van der Waals surface area contributed by atoms with E-state index in [1.807, 2.05) is 30.7 Å². The van der Waals surface area contributed by atoms with Crippen LogP contribution in [0.25, 0.3) is 11.0 Å². The third kappa shape index (κ3) is 3.19. The van der Waals surface area contributed by atoms with E-state index in [0.717, 1.165) is 53.8 Å². The fourth-order valence-electron chi connectivity index (χ4n) is 4.32. The number of aryl methyl sites for hydroxylation is 2. The molecule has 0 unspecified atom stereocenters. The third-order valence-electron chi connectivity index (χ3n) is 5.63. The minimum atomic E-state index is 0.0930. The van der Waals surface area contributed by atoms with Gasteiger partial charge in [-0.2, -0.15) is 5.10 Å². The predicted octanol–water partition coefficient (Wildman–Crippen LogP) is 5.00. The van der Waals surface area contributed by atoms with Gasteiger partial charge in [-0.3, -0.25) is 4.79 Å². The van der Waals surface area contributed by atoms with E-state index < -0.39 is 0 Å². The highest BCUT2D eigenvalue weighted by Gasteiger charge is 2.31. The Hall–Kier alpha value is -2.69. The normalized spacial score (nSPS) is 17.5. The molecule has 0 spiro atoms. The van der Waals surface area contributed by atoms with Crippen molar-refractivity contribution in [2.45, 2.75) is 59.0 Å². The molecular weight excluding hydrogens is 348 g/mol. The molecule has 1 atom stereocenters. The van der Waals surface area contributed by atoms with Gasteiger partial charge < -0.3 is 4.90 Å². The Morgan fingerprint density at radius 3 is 2.61 bits per heavy atom. The molecular formula is C23H28N4O. The van der Waals surface area contributed by atoms with Gasteiger partial charge in [0.05, 0.1) is 22.7 Å². The van der Waals surface area contributed by atoms with Crippen molar-refractivity contribution in [3.63, 3.8) is 0 Å². The van der Waals surface area contributed by atoms with Gasteiger partial charge in [0.2, 0.25) is 0 Å². The highest BCUT2D eigenvalue weighted by Crippen LogP contribution is 2.34. The molecule has 4 rings (SSSR count). The van der Waals surface area contributed by atoms with Crippen LogP contribution in [-0.2, 0) is 0 Å². The van der Waals surface area contributed by atoms with Crippen LogP contribution >= 0.6 is 0 Å². The van der Waals surface area contributed by atoms with Crippen LogP contribution in [0.3, 0.4) is 0 Å². The standard InChI is InChI=1S/C23H28N4O/c1-15(2)27-22-21(17(4)25-27)19(14-16(3)24-22)23(28)26-13-9-8-12-20(26)18-10-6-5-7-11-18/h5-7,10-11,14-15,20H,8-9,12-13H2,1-4H3/t20-/m1/s1. The number of carbonyl (C=O) groups is 1. The molecule has 5 heteroatoms. The second-order valence-corrected chi connectivity index (χ2v) is 8.05. The van der Waals surface area contributed by atoms with Gasteiger partial charge in [-0.05, 0) is 58.6 Å². The van der Waals surface area contributed by atoms with Crippen molar-refractivity contribution in [2.24, 2.45) is 0 Å². The molecule has 0 saturated carbocycles. The molecule has 0 aliphatic carbocycles. The minimum absolute atomic E-state index is 0.0930. The molecule has 1 fully saturated rings. The third-order valence-corrected chi connectivity index (χ3v) is 5.63. The zero-order chi connectivity index (χ0) is 19.8. The Balaban J connectivity index is 1.82. The number of aromatic nitrogens is 3. The molecule has 0 radical (unpaired) electrons. The Kier molecular flexibility index (Phi) is 4.92. The number of piperidine rings is 1. The molecule has 1 saturated heterocycles. The second-order valence-electron chi connectivity index (χ2n) is 8.05. The molecule has 1 amide bonds. The quantitative estimate of drug-likeness (QED) is 0.646.